The molecule has 2 N–H and O–H groups in total. The van der Waals surface area contributed by atoms with Gasteiger partial charge in [-0.1, -0.05) is 61.8 Å². The molecule has 19 heavy (non-hydrogen) atoms. The van der Waals surface area contributed by atoms with Crippen molar-refractivity contribution in [2.75, 3.05) is 0 Å². The van der Waals surface area contributed by atoms with Gasteiger partial charge in [-0.05, 0) is 41.7 Å². The molecule has 0 aliphatic carbocycles. The van der Waals surface area contributed by atoms with E-state index in [1.54, 1.807) is 0 Å². The smallest absolute Gasteiger partial charge is 0.0636 e. The molecule has 0 radical (unpaired) electrons. The summed E-state index contributed by atoms with van der Waals surface area (Å²) in [4.78, 5) is 0. The van der Waals surface area contributed by atoms with E-state index in [0.717, 1.165) is 16.1 Å². The third kappa shape index (κ3) is 2.99. The molecule has 2 rings (SSSR count). The molecule has 1 atom stereocenters. The molecule has 2 aromatic rings. The van der Waals surface area contributed by atoms with Crippen LogP contribution in [0.15, 0.2) is 48.5 Å². The average Bonchev–Trinajstić information content (AvgIpc) is 2.39. The van der Waals surface area contributed by atoms with Crippen LogP contribution in [0.5, 0.6) is 0 Å². The van der Waals surface area contributed by atoms with Crippen LogP contribution in [0.1, 0.15) is 43.4 Å². The molecule has 0 aliphatic rings. The number of rotatable bonds is 3. The number of halogens is 1. The highest BCUT2D eigenvalue weighted by molar-refractivity contribution is 6.30. The second kappa shape index (κ2) is 5.36. The van der Waals surface area contributed by atoms with Crippen LogP contribution < -0.4 is 5.73 Å². The van der Waals surface area contributed by atoms with Crippen molar-refractivity contribution >= 4 is 11.6 Å². The summed E-state index contributed by atoms with van der Waals surface area (Å²) in [6.45, 7) is 6.41. The standard InChI is InChI=1S/C17H20ClN/c1-12(2)13-4-6-14(7-5-13)17(3,19)15-8-10-16(18)11-9-15/h4-12H,19H2,1-3H3. The van der Waals surface area contributed by atoms with Gasteiger partial charge in [0.2, 0.25) is 0 Å². The van der Waals surface area contributed by atoms with Gasteiger partial charge in [0.1, 0.15) is 0 Å². The van der Waals surface area contributed by atoms with Gasteiger partial charge < -0.3 is 5.73 Å². The van der Waals surface area contributed by atoms with Crippen molar-refractivity contribution < 1.29 is 0 Å². The molecule has 0 saturated carbocycles. The normalized spacial score (nSPS) is 14.4. The lowest BCUT2D eigenvalue weighted by atomic mass is 9.85. The van der Waals surface area contributed by atoms with Gasteiger partial charge in [-0.2, -0.15) is 0 Å². The van der Waals surface area contributed by atoms with Gasteiger partial charge in [0.15, 0.2) is 0 Å². The van der Waals surface area contributed by atoms with Gasteiger partial charge in [-0.3, -0.25) is 0 Å². The summed E-state index contributed by atoms with van der Waals surface area (Å²) in [6, 6.07) is 16.3. The third-order valence-corrected chi connectivity index (χ3v) is 3.87. The molecular weight excluding hydrogens is 254 g/mol. The molecule has 1 unspecified atom stereocenters. The number of hydrogen-bond acceptors (Lipinski definition) is 1. The quantitative estimate of drug-likeness (QED) is 0.863. The van der Waals surface area contributed by atoms with E-state index in [1.165, 1.54) is 5.56 Å². The Kier molecular flexibility index (Phi) is 3.98. The first-order chi connectivity index (χ1) is 8.91. The number of hydrogen-bond donors (Lipinski definition) is 1. The Morgan fingerprint density at radius 1 is 0.895 bits per heavy atom. The summed E-state index contributed by atoms with van der Waals surface area (Å²) < 4.78 is 0. The van der Waals surface area contributed by atoms with Gasteiger partial charge in [-0.15, -0.1) is 0 Å². The van der Waals surface area contributed by atoms with Crippen molar-refractivity contribution in [1.29, 1.82) is 0 Å². The van der Waals surface area contributed by atoms with Crippen LogP contribution in [0, 0.1) is 0 Å². The highest BCUT2D eigenvalue weighted by Crippen LogP contribution is 2.28. The van der Waals surface area contributed by atoms with Crippen molar-refractivity contribution in [2.45, 2.75) is 32.2 Å². The molecule has 0 saturated heterocycles. The SMILES string of the molecule is CC(C)c1ccc(C(C)(N)c2ccc(Cl)cc2)cc1. The van der Waals surface area contributed by atoms with Crippen LogP contribution in [-0.4, -0.2) is 0 Å². The van der Waals surface area contributed by atoms with E-state index < -0.39 is 5.54 Å². The van der Waals surface area contributed by atoms with Crippen molar-refractivity contribution in [3.05, 3.63) is 70.2 Å². The minimum absolute atomic E-state index is 0.500. The second-order valence-electron chi connectivity index (χ2n) is 5.49. The van der Waals surface area contributed by atoms with E-state index in [4.69, 9.17) is 17.3 Å². The Morgan fingerprint density at radius 3 is 1.74 bits per heavy atom. The van der Waals surface area contributed by atoms with Gasteiger partial charge in [0.25, 0.3) is 0 Å². The molecule has 0 amide bonds. The topological polar surface area (TPSA) is 26.0 Å². The van der Waals surface area contributed by atoms with E-state index in [-0.39, 0.29) is 0 Å². The predicted molar refractivity (Wildman–Crippen MR) is 82.6 cm³/mol. The number of benzene rings is 2. The van der Waals surface area contributed by atoms with Gasteiger partial charge in [0.05, 0.1) is 5.54 Å². The highest BCUT2D eigenvalue weighted by Gasteiger charge is 2.23. The first-order valence-corrected chi connectivity index (χ1v) is 6.94. The van der Waals surface area contributed by atoms with Crippen LogP contribution >= 0.6 is 11.6 Å². The van der Waals surface area contributed by atoms with Crippen LogP contribution in [0.2, 0.25) is 5.02 Å². The first-order valence-electron chi connectivity index (χ1n) is 6.56. The molecule has 0 heterocycles. The summed E-state index contributed by atoms with van der Waals surface area (Å²) in [5, 5.41) is 0.731. The van der Waals surface area contributed by atoms with E-state index in [2.05, 4.69) is 38.1 Å². The lowest BCUT2D eigenvalue weighted by Crippen LogP contribution is -2.34. The van der Waals surface area contributed by atoms with Crippen molar-refractivity contribution in [2.24, 2.45) is 5.73 Å². The van der Waals surface area contributed by atoms with Crippen LogP contribution in [0.25, 0.3) is 0 Å². The molecule has 0 aromatic heterocycles. The number of nitrogens with two attached hydrogens (primary N) is 1. The van der Waals surface area contributed by atoms with E-state index in [1.807, 2.05) is 31.2 Å². The fourth-order valence-electron chi connectivity index (χ4n) is 2.18. The van der Waals surface area contributed by atoms with Crippen molar-refractivity contribution in [3.8, 4) is 0 Å². The van der Waals surface area contributed by atoms with Crippen LogP contribution in [-0.2, 0) is 5.54 Å². The maximum absolute atomic E-state index is 6.49. The van der Waals surface area contributed by atoms with Crippen molar-refractivity contribution in [3.63, 3.8) is 0 Å². The maximum Gasteiger partial charge on any atom is 0.0636 e. The molecular formula is C17H20ClN. The minimum atomic E-state index is -0.500. The molecule has 0 bridgehead atoms. The second-order valence-corrected chi connectivity index (χ2v) is 5.92. The molecule has 0 spiro atoms. The van der Waals surface area contributed by atoms with Crippen LogP contribution in [0.4, 0.5) is 0 Å². The summed E-state index contributed by atoms with van der Waals surface area (Å²) in [5.74, 6) is 0.536. The zero-order valence-corrected chi connectivity index (χ0v) is 12.4. The predicted octanol–water partition coefficient (Wildman–Crippen LogP) is 4.69. The average molecular weight is 274 g/mol. The molecule has 1 nitrogen and oxygen atoms in total. The minimum Gasteiger partial charge on any atom is -0.318 e. The zero-order chi connectivity index (χ0) is 14.0. The molecule has 2 heteroatoms. The Hall–Kier alpha value is -1.31. The Bertz CT molecular complexity index is 538. The Morgan fingerprint density at radius 2 is 1.32 bits per heavy atom. The molecule has 2 aromatic carbocycles. The summed E-state index contributed by atoms with van der Waals surface area (Å²) >= 11 is 5.92. The third-order valence-electron chi connectivity index (χ3n) is 3.62. The van der Waals surface area contributed by atoms with E-state index in [9.17, 15) is 0 Å². The monoisotopic (exact) mass is 273 g/mol. The Balaban J connectivity index is 2.35. The van der Waals surface area contributed by atoms with Gasteiger partial charge in [0, 0.05) is 5.02 Å². The fourth-order valence-corrected chi connectivity index (χ4v) is 2.30. The van der Waals surface area contributed by atoms with Gasteiger partial charge in [-0.25, -0.2) is 0 Å². The molecule has 0 fully saturated rings. The lowest BCUT2D eigenvalue weighted by molar-refractivity contribution is 0.602. The fraction of sp³-hybridized carbons (Fsp3) is 0.294. The van der Waals surface area contributed by atoms with Gasteiger partial charge >= 0.3 is 0 Å². The highest BCUT2D eigenvalue weighted by atomic mass is 35.5. The van der Waals surface area contributed by atoms with Crippen molar-refractivity contribution in [1.82, 2.24) is 0 Å². The summed E-state index contributed by atoms with van der Waals surface area (Å²) in [7, 11) is 0. The van der Waals surface area contributed by atoms with E-state index >= 15 is 0 Å². The largest absolute Gasteiger partial charge is 0.318 e. The maximum atomic E-state index is 6.49. The summed E-state index contributed by atoms with van der Waals surface area (Å²) in [5.41, 5.74) is 9.50. The summed E-state index contributed by atoms with van der Waals surface area (Å²) in [6.07, 6.45) is 0. The van der Waals surface area contributed by atoms with E-state index in [0.29, 0.717) is 5.92 Å². The zero-order valence-electron chi connectivity index (χ0n) is 11.7. The van der Waals surface area contributed by atoms with Crippen LogP contribution in [0.3, 0.4) is 0 Å². The first kappa shape index (κ1) is 14.1. The Labute approximate surface area is 120 Å². The lowest BCUT2D eigenvalue weighted by Gasteiger charge is -2.26. The molecule has 0 aliphatic heterocycles. The molecule has 100 valence electrons.